The number of amides is 1. The van der Waals surface area contributed by atoms with Crippen molar-refractivity contribution in [1.29, 1.82) is 0 Å². The first kappa shape index (κ1) is 22.0. The maximum atomic E-state index is 12.0. The summed E-state index contributed by atoms with van der Waals surface area (Å²) in [5, 5.41) is 0.542. The molecule has 5 nitrogen and oxygen atoms in total. The minimum Gasteiger partial charge on any atom is -0.444 e. The van der Waals surface area contributed by atoms with Crippen molar-refractivity contribution >= 4 is 52.7 Å². The van der Waals surface area contributed by atoms with Crippen LogP contribution in [0.1, 0.15) is 33.3 Å². The number of aliphatic imine (C=N–C) groups is 1. The number of nitrogens with zero attached hydrogens (tertiary/aromatic N) is 2. The van der Waals surface area contributed by atoms with Crippen molar-refractivity contribution in [2.24, 2.45) is 10.7 Å². The van der Waals surface area contributed by atoms with Crippen LogP contribution in [0.3, 0.4) is 0 Å². The summed E-state index contributed by atoms with van der Waals surface area (Å²) in [7, 11) is 1.71. The minimum absolute atomic E-state index is 0. The Kier molecular flexibility index (Phi) is 9.60. The number of benzene rings is 1. The molecule has 23 heavy (non-hydrogen) atoms. The van der Waals surface area contributed by atoms with E-state index in [1.807, 2.05) is 52.0 Å². The molecule has 0 radical (unpaired) electrons. The molecule has 0 fully saturated rings. The highest BCUT2D eigenvalue weighted by atomic mass is 127. The second-order valence-electron chi connectivity index (χ2n) is 5.89. The van der Waals surface area contributed by atoms with E-state index in [-0.39, 0.29) is 30.1 Å². The third-order valence-electron chi connectivity index (χ3n) is 2.57. The second kappa shape index (κ2) is 10.0. The van der Waals surface area contributed by atoms with Crippen LogP contribution in [0.5, 0.6) is 0 Å². The van der Waals surface area contributed by atoms with Gasteiger partial charge in [-0.15, -0.1) is 24.0 Å². The molecule has 0 saturated carbocycles. The number of thioether (sulfide) groups is 1. The molecule has 130 valence electrons. The highest BCUT2D eigenvalue weighted by Crippen LogP contribution is 2.18. The molecular weight excluding hydrogens is 425 g/mol. The Hall–Kier alpha value is -0.960. The molecule has 0 aliphatic carbocycles. The van der Waals surface area contributed by atoms with Gasteiger partial charge in [0, 0.05) is 13.6 Å². The summed E-state index contributed by atoms with van der Waals surface area (Å²) in [5.74, 6) is 0.885. The zero-order valence-corrected chi connectivity index (χ0v) is 17.5. The van der Waals surface area contributed by atoms with Crippen LogP contribution in [0, 0.1) is 0 Å². The minimum atomic E-state index is -0.497. The fourth-order valence-electron chi connectivity index (χ4n) is 1.71. The van der Waals surface area contributed by atoms with Gasteiger partial charge in [-0.2, -0.15) is 0 Å². The lowest BCUT2D eigenvalue weighted by atomic mass is 10.2. The molecule has 7 heteroatoms. The Morgan fingerprint density at radius 3 is 2.61 bits per heavy atom. The van der Waals surface area contributed by atoms with Crippen LogP contribution in [0.2, 0.25) is 0 Å². The second-order valence-corrected chi connectivity index (χ2v) is 7.17. The van der Waals surface area contributed by atoms with Gasteiger partial charge in [0.05, 0.1) is 5.69 Å². The molecule has 0 aliphatic rings. The topological polar surface area (TPSA) is 67.9 Å². The Morgan fingerprint density at radius 1 is 1.39 bits per heavy atom. The van der Waals surface area contributed by atoms with E-state index in [0.29, 0.717) is 11.7 Å². The molecule has 0 heterocycles. The molecule has 1 aromatic carbocycles. The highest BCUT2D eigenvalue weighted by Gasteiger charge is 2.19. The van der Waals surface area contributed by atoms with Crippen LogP contribution in [0.15, 0.2) is 29.3 Å². The first-order chi connectivity index (χ1) is 10.2. The number of rotatable bonds is 4. The van der Waals surface area contributed by atoms with E-state index in [9.17, 15) is 4.79 Å². The van der Waals surface area contributed by atoms with Gasteiger partial charge in [0.1, 0.15) is 5.60 Å². The Labute approximate surface area is 160 Å². The number of carbonyl (C=O) groups is 1. The van der Waals surface area contributed by atoms with Gasteiger partial charge in [-0.1, -0.05) is 30.8 Å². The van der Waals surface area contributed by atoms with Crippen LogP contribution in [-0.4, -0.2) is 34.6 Å². The summed E-state index contributed by atoms with van der Waals surface area (Å²) in [4.78, 5) is 17.8. The first-order valence-electron chi connectivity index (χ1n) is 7.21. The van der Waals surface area contributed by atoms with Gasteiger partial charge < -0.3 is 15.4 Å². The molecule has 1 rings (SSSR count). The van der Waals surface area contributed by atoms with Gasteiger partial charge in [0.25, 0.3) is 0 Å². The van der Waals surface area contributed by atoms with Crippen molar-refractivity contribution in [3.05, 3.63) is 29.8 Å². The van der Waals surface area contributed by atoms with E-state index in [2.05, 4.69) is 4.99 Å². The van der Waals surface area contributed by atoms with Crippen molar-refractivity contribution in [2.45, 2.75) is 39.8 Å². The van der Waals surface area contributed by atoms with Crippen molar-refractivity contribution in [3.8, 4) is 0 Å². The van der Waals surface area contributed by atoms with Crippen LogP contribution in [-0.2, 0) is 11.3 Å². The number of amidine groups is 1. The largest absolute Gasteiger partial charge is 0.444 e. The van der Waals surface area contributed by atoms with Crippen LogP contribution < -0.4 is 5.73 Å². The predicted octanol–water partition coefficient (Wildman–Crippen LogP) is 4.37. The molecule has 0 atom stereocenters. The van der Waals surface area contributed by atoms with E-state index >= 15 is 0 Å². The normalized spacial score (nSPS) is 11.6. The summed E-state index contributed by atoms with van der Waals surface area (Å²) < 4.78 is 5.33. The van der Waals surface area contributed by atoms with Crippen molar-refractivity contribution in [1.82, 2.24) is 4.90 Å². The molecule has 0 saturated heterocycles. The Morgan fingerprint density at radius 2 is 2.04 bits per heavy atom. The summed E-state index contributed by atoms with van der Waals surface area (Å²) in [5.41, 5.74) is 7.08. The quantitative estimate of drug-likeness (QED) is 0.420. The van der Waals surface area contributed by atoms with Gasteiger partial charge in [0.2, 0.25) is 0 Å². The van der Waals surface area contributed by atoms with Crippen molar-refractivity contribution in [2.75, 3.05) is 12.8 Å². The number of hydrogen-bond donors (Lipinski definition) is 1. The predicted molar refractivity (Wildman–Crippen MR) is 109 cm³/mol. The van der Waals surface area contributed by atoms with Gasteiger partial charge >= 0.3 is 6.09 Å². The van der Waals surface area contributed by atoms with Gasteiger partial charge in [-0.3, -0.25) is 0 Å². The summed E-state index contributed by atoms with van der Waals surface area (Å²) >= 11 is 1.50. The lowest BCUT2D eigenvalue weighted by Gasteiger charge is -2.24. The average molecular weight is 451 g/mol. The number of nitrogens with two attached hydrogens (primary N) is 1. The molecule has 1 aromatic rings. The van der Waals surface area contributed by atoms with E-state index < -0.39 is 5.60 Å². The van der Waals surface area contributed by atoms with Gasteiger partial charge in [0.15, 0.2) is 5.17 Å². The molecule has 0 spiro atoms. The van der Waals surface area contributed by atoms with E-state index in [1.165, 1.54) is 16.7 Å². The molecule has 0 aromatic heterocycles. The van der Waals surface area contributed by atoms with Crippen molar-refractivity contribution in [3.63, 3.8) is 0 Å². The van der Waals surface area contributed by atoms with Crippen LogP contribution in [0.4, 0.5) is 10.5 Å². The number of ether oxygens (including phenoxy) is 1. The molecule has 0 bridgehead atoms. The smallest absolute Gasteiger partial charge is 0.410 e. The Bertz CT molecular complexity index is 544. The van der Waals surface area contributed by atoms with Gasteiger partial charge in [-0.05, 0) is 44.2 Å². The summed E-state index contributed by atoms with van der Waals surface area (Å²) in [6, 6.07) is 7.66. The lowest BCUT2D eigenvalue weighted by molar-refractivity contribution is 0.0285. The van der Waals surface area contributed by atoms with E-state index in [0.717, 1.165) is 17.0 Å². The maximum Gasteiger partial charge on any atom is 0.410 e. The highest BCUT2D eigenvalue weighted by molar-refractivity contribution is 14.0. The number of halogens is 1. The summed E-state index contributed by atoms with van der Waals surface area (Å²) in [6.07, 6.45) is -0.345. The number of hydrogen-bond acceptors (Lipinski definition) is 4. The fraction of sp³-hybridized carbons (Fsp3) is 0.500. The van der Waals surface area contributed by atoms with E-state index in [4.69, 9.17) is 10.5 Å². The van der Waals surface area contributed by atoms with Gasteiger partial charge in [-0.25, -0.2) is 9.79 Å². The summed E-state index contributed by atoms with van der Waals surface area (Å²) in [6.45, 7) is 8.03. The Balaban J connectivity index is 0.00000484. The zero-order valence-electron chi connectivity index (χ0n) is 14.3. The molecule has 0 aliphatic heterocycles. The fourth-order valence-corrected chi connectivity index (χ4v) is 2.18. The number of carbonyl (C=O) groups excluding carboxylic acids is 1. The zero-order chi connectivity index (χ0) is 16.8. The standard InChI is InChI=1S/C16H25N3O2S.HI/c1-6-22-14(17)18-13-9-7-8-12(10-13)11-19(5)15(20)21-16(2,3)4;/h7-10H,6,11H2,1-5H3,(H2,17,18);1H. The molecule has 2 N–H and O–H groups in total. The third-order valence-corrected chi connectivity index (χ3v) is 3.24. The SMILES string of the molecule is CCSC(N)=Nc1cccc(CN(C)C(=O)OC(C)(C)C)c1.I. The molecule has 1 amide bonds. The molecular formula is C16H26IN3O2S. The third kappa shape index (κ3) is 9.04. The molecule has 0 unspecified atom stereocenters. The van der Waals surface area contributed by atoms with E-state index in [1.54, 1.807) is 7.05 Å². The van der Waals surface area contributed by atoms with Crippen LogP contribution >= 0.6 is 35.7 Å². The monoisotopic (exact) mass is 451 g/mol. The van der Waals surface area contributed by atoms with Crippen molar-refractivity contribution < 1.29 is 9.53 Å². The lowest BCUT2D eigenvalue weighted by Crippen LogP contribution is -2.33. The van der Waals surface area contributed by atoms with Crippen LogP contribution in [0.25, 0.3) is 0 Å². The maximum absolute atomic E-state index is 12.0. The first-order valence-corrected chi connectivity index (χ1v) is 8.20. The average Bonchev–Trinajstić information content (AvgIpc) is 2.37.